The van der Waals surface area contributed by atoms with Crippen molar-refractivity contribution < 1.29 is 9.59 Å². The molecule has 2 unspecified atom stereocenters. The molecular formula is C14H12O2S2. The molecule has 1 aliphatic heterocycles. The van der Waals surface area contributed by atoms with Crippen LogP contribution in [0.2, 0.25) is 0 Å². The second-order valence-electron chi connectivity index (χ2n) is 4.72. The molecular weight excluding hydrogens is 264 g/mol. The zero-order chi connectivity index (χ0) is 12.6. The highest BCUT2D eigenvalue weighted by atomic mass is 33.1. The largest absolute Gasteiger partial charge is 0.295 e. The molecule has 2 aliphatic carbocycles. The van der Waals surface area contributed by atoms with Crippen molar-refractivity contribution in [1.82, 2.24) is 0 Å². The van der Waals surface area contributed by atoms with Gasteiger partial charge in [0.25, 0.3) is 0 Å². The lowest BCUT2D eigenvalue weighted by atomic mass is 9.82. The fourth-order valence-corrected chi connectivity index (χ4v) is 4.98. The van der Waals surface area contributed by atoms with Gasteiger partial charge in [-0.1, -0.05) is 45.9 Å². The molecule has 0 saturated carbocycles. The molecule has 1 spiro atoms. The molecule has 0 N–H and O–H groups in total. The summed E-state index contributed by atoms with van der Waals surface area (Å²) in [5.41, 5.74) is 0.889. The van der Waals surface area contributed by atoms with E-state index in [1.165, 1.54) is 0 Å². The number of rotatable bonds is 1. The minimum absolute atomic E-state index is 0.164. The number of carbonyl (C=O) groups is 2. The van der Waals surface area contributed by atoms with Gasteiger partial charge < -0.3 is 0 Å². The molecule has 2 nitrogen and oxygen atoms in total. The first-order valence-electron chi connectivity index (χ1n) is 5.81. The normalized spacial score (nSPS) is 36.4. The van der Waals surface area contributed by atoms with E-state index >= 15 is 0 Å². The van der Waals surface area contributed by atoms with Gasteiger partial charge in [-0.25, -0.2) is 0 Å². The van der Waals surface area contributed by atoms with Gasteiger partial charge >= 0.3 is 0 Å². The Labute approximate surface area is 114 Å². The summed E-state index contributed by atoms with van der Waals surface area (Å²) in [6, 6.07) is 0. The first-order valence-corrected chi connectivity index (χ1v) is 8.09. The van der Waals surface area contributed by atoms with Gasteiger partial charge in [0.1, 0.15) is 0 Å². The Morgan fingerprint density at radius 1 is 1.17 bits per heavy atom. The van der Waals surface area contributed by atoms with Crippen LogP contribution in [0.15, 0.2) is 47.4 Å². The van der Waals surface area contributed by atoms with E-state index in [9.17, 15) is 9.59 Å². The van der Waals surface area contributed by atoms with Crippen LogP contribution in [0.5, 0.6) is 0 Å². The summed E-state index contributed by atoms with van der Waals surface area (Å²) in [4.78, 5) is 22.8. The van der Waals surface area contributed by atoms with E-state index in [-0.39, 0.29) is 22.2 Å². The minimum atomic E-state index is -0.181. The average Bonchev–Trinajstić information content (AvgIpc) is 2.90. The Bertz CT molecular complexity index is 528. The van der Waals surface area contributed by atoms with Crippen molar-refractivity contribution >= 4 is 33.2 Å². The fraction of sp³-hybridized carbons (Fsp3) is 0.286. The maximum absolute atomic E-state index is 11.5. The van der Waals surface area contributed by atoms with Gasteiger partial charge in [0.15, 0.2) is 11.6 Å². The molecule has 3 rings (SSSR count). The summed E-state index contributed by atoms with van der Waals surface area (Å²) in [6.07, 6.45) is 12.5. The zero-order valence-corrected chi connectivity index (χ0v) is 11.3. The smallest absolute Gasteiger partial charge is 0.160 e. The third-order valence-corrected chi connectivity index (χ3v) is 5.84. The van der Waals surface area contributed by atoms with Gasteiger partial charge in [-0.3, -0.25) is 9.59 Å². The van der Waals surface area contributed by atoms with Crippen LogP contribution in [0.4, 0.5) is 0 Å². The monoisotopic (exact) mass is 276 g/mol. The molecule has 0 aromatic rings. The number of carbonyl (C=O) groups excluding carboxylic acids is 2. The lowest BCUT2D eigenvalue weighted by Crippen LogP contribution is -2.28. The molecule has 0 amide bonds. The average molecular weight is 276 g/mol. The van der Waals surface area contributed by atoms with E-state index in [1.54, 1.807) is 33.7 Å². The maximum atomic E-state index is 11.5. The summed E-state index contributed by atoms with van der Waals surface area (Å²) in [6.45, 7) is 0. The first kappa shape index (κ1) is 12.1. The van der Waals surface area contributed by atoms with Crippen molar-refractivity contribution in [1.29, 1.82) is 0 Å². The Balaban J connectivity index is 1.89. The van der Waals surface area contributed by atoms with Crippen LogP contribution in [-0.2, 0) is 9.59 Å². The molecule has 0 aromatic heterocycles. The van der Waals surface area contributed by atoms with Gasteiger partial charge in [0.05, 0.1) is 0 Å². The molecule has 1 heterocycles. The Kier molecular flexibility index (Phi) is 3.08. The van der Waals surface area contributed by atoms with Crippen molar-refractivity contribution in [3.63, 3.8) is 0 Å². The van der Waals surface area contributed by atoms with Gasteiger partial charge in [-0.2, -0.15) is 0 Å². The van der Waals surface area contributed by atoms with Crippen LogP contribution in [0, 0.1) is 5.41 Å². The molecule has 92 valence electrons. The first-order chi connectivity index (χ1) is 8.68. The van der Waals surface area contributed by atoms with E-state index in [0.29, 0.717) is 12.8 Å². The summed E-state index contributed by atoms with van der Waals surface area (Å²) >= 11 is 0. The van der Waals surface area contributed by atoms with Gasteiger partial charge in [-0.05, 0) is 23.1 Å². The number of ketones is 2. The van der Waals surface area contributed by atoms with Crippen LogP contribution in [-0.4, -0.2) is 16.8 Å². The maximum Gasteiger partial charge on any atom is 0.160 e. The summed E-state index contributed by atoms with van der Waals surface area (Å²) < 4.78 is 0. The van der Waals surface area contributed by atoms with Crippen molar-refractivity contribution in [2.75, 3.05) is 0 Å². The molecule has 0 radical (unpaired) electrons. The summed E-state index contributed by atoms with van der Waals surface area (Å²) in [5.74, 6) is 0.353. The fourth-order valence-electron chi connectivity index (χ4n) is 2.42. The quantitative estimate of drug-likeness (QED) is 0.689. The zero-order valence-electron chi connectivity index (χ0n) is 9.67. The van der Waals surface area contributed by atoms with E-state index in [0.717, 1.165) is 5.57 Å². The van der Waals surface area contributed by atoms with Crippen LogP contribution in [0.3, 0.4) is 0 Å². The Hall–Kier alpha value is -1.00. The SMILES string of the molecule is O=C1C=C/C(=C/C2SSC=CC23C=CC(=O)C3)C1. The van der Waals surface area contributed by atoms with Crippen LogP contribution in [0.25, 0.3) is 0 Å². The van der Waals surface area contributed by atoms with E-state index in [2.05, 4.69) is 17.6 Å². The molecule has 0 bridgehead atoms. The predicted octanol–water partition coefficient (Wildman–Crippen LogP) is 3.23. The molecule has 0 saturated heterocycles. The van der Waals surface area contributed by atoms with Gasteiger partial charge in [0, 0.05) is 23.5 Å². The second-order valence-corrected chi connectivity index (χ2v) is 7.04. The number of hydrogen-bond donors (Lipinski definition) is 0. The molecule has 4 heteroatoms. The number of hydrogen-bond acceptors (Lipinski definition) is 4. The Morgan fingerprint density at radius 2 is 2.06 bits per heavy atom. The topological polar surface area (TPSA) is 34.1 Å². The van der Waals surface area contributed by atoms with Crippen LogP contribution < -0.4 is 0 Å². The minimum Gasteiger partial charge on any atom is -0.295 e. The van der Waals surface area contributed by atoms with Crippen molar-refractivity contribution in [2.24, 2.45) is 5.41 Å². The molecule has 2 atom stereocenters. The third-order valence-electron chi connectivity index (χ3n) is 3.41. The lowest BCUT2D eigenvalue weighted by Gasteiger charge is -2.33. The summed E-state index contributed by atoms with van der Waals surface area (Å²) in [5, 5.41) is 2.28. The lowest BCUT2D eigenvalue weighted by molar-refractivity contribution is -0.115. The van der Waals surface area contributed by atoms with Crippen molar-refractivity contribution in [2.45, 2.75) is 18.1 Å². The van der Waals surface area contributed by atoms with E-state index in [1.807, 2.05) is 12.2 Å². The van der Waals surface area contributed by atoms with Crippen molar-refractivity contribution in [3.8, 4) is 0 Å². The van der Waals surface area contributed by atoms with E-state index < -0.39 is 0 Å². The van der Waals surface area contributed by atoms with Crippen LogP contribution in [0.1, 0.15) is 12.8 Å². The Morgan fingerprint density at radius 3 is 2.72 bits per heavy atom. The standard InChI is InChI=1S/C14H12O2S2/c15-11-2-1-10(7-11)8-13-14(5-6-17-18-13)4-3-12(16)9-14/h1-6,8,13H,7,9H2/b10-8-. The highest BCUT2D eigenvalue weighted by Gasteiger charge is 2.40. The number of allylic oxidation sites excluding steroid dienone is 6. The molecule has 18 heavy (non-hydrogen) atoms. The van der Waals surface area contributed by atoms with Crippen LogP contribution >= 0.6 is 21.6 Å². The van der Waals surface area contributed by atoms with Gasteiger partial charge in [-0.15, -0.1) is 0 Å². The van der Waals surface area contributed by atoms with Crippen molar-refractivity contribution in [3.05, 3.63) is 47.4 Å². The highest BCUT2D eigenvalue weighted by molar-refractivity contribution is 8.78. The van der Waals surface area contributed by atoms with E-state index in [4.69, 9.17) is 0 Å². The van der Waals surface area contributed by atoms with Gasteiger partial charge in [0.2, 0.25) is 0 Å². The third kappa shape index (κ3) is 2.15. The molecule has 3 aliphatic rings. The highest BCUT2D eigenvalue weighted by Crippen LogP contribution is 2.51. The molecule has 0 fully saturated rings. The second kappa shape index (κ2) is 4.59. The molecule has 0 aromatic carbocycles. The summed E-state index contributed by atoms with van der Waals surface area (Å²) in [7, 11) is 3.44. The predicted molar refractivity (Wildman–Crippen MR) is 76.2 cm³/mol.